The largest absolute Gasteiger partial charge is 0.492 e. The fourth-order valence-corrected chi connectivity index (χ4v) is 2.07. The number of nitrogens with one attached hydrogen (secondary N) is 1. The molecular weight excluding hydrogens is 309 g/mol. The van der Waals surface area contributed by atoms with Crippen LogP contribution in [-0.4, -0.2) is 19.1 Å². The number of hydrogen-bond donors (Lipinski definition) is 1. The molecule has 0 saturated carbocycles. The van der Waals surface area contributed by atoms with Crippen LogP contribution in [0.4, 0.5) is 0 Å². The zero-order valence-electron chi connectivity index (χ0n) is 11.3. The summed E-state index contributed by atoms with van der Waals surface area (Å²) < 4.78 is 5.49. The number of ether oxygens (including phenoxy) is 1. The zero-order valence-corrected chi connectivity index (χ0v) is 12.8. The number of carbonyl (C=O) groups is 1. The summed E-state index contributed by atoms with van der Waals surface area (Å²) in [5, 5.41) is 4.09. The van der Waals surface area contributed by atoms with E-state index in [1.54, 1.807) is 24.3 Å². The predicted octanol–water partition coefficient (Wildman–Crippen LogP) is 3.73. The smallest absolute Gasteiger partial charge is 0.224 e. The Bertz CT molecular complexity index is 599. The first kappa shape index (κ1) is 15.7. The van der Waals surface area contributed by atoms with Crippen LogP contribution in [0.25, 0.3) is 0 Å². The molecule has 3 nitrogen and oxygen atoms in total. The number of hydrogen-bond acceptors (Lipinski definition) is 2. The van der Waals surface area contributed by atoms with Gasteiger partial charge in [0.1, 0.15) is 12.4 Å². The van der Waals surface area contributed by atoms with Gasteiger partial charge in [0, 0.05) is 10.0 Å². The Morgan fingerprint density at radius 3 is 2.52 bits per heavy atom. The Hall–Kier alpha value is -1.71. The third kappa shape index (κ3) is 5.66. The topological polar surface area (TPSA) is 38.3 Å². The molecule has 2 aromatic carbocycles. The molecule has 5 heteroatoms. The van der Waals surface area contributed by atoms with E-state index in [2.05, 4.69) is 5.32 Å². The van der Waals surface area contributed by atoms with Gasteiger partial charge in [-0.25, -0.2) is 0 Å². The minimum atomic E-state index is -0.0491. The van der Waals surface area contributed by atoms with Crippen LogP contribution in [0.2, 0.25) is 10.0 Å². The monoisotopic (exact) mass is 323 g/mol. The van der Waals surface area contributed by atoms with Gasteiger partial charge in [0.2, 0.25) is 5.91 Å². The van der Waals surface area contributed by atoms with Crippen LogP contribution in [-0.2, 0) is 11.2 Å². The number of halogens is 2. The van der Waals surface area contributed by atoms with Crippen molar-refractivity contribution in [2.75, 3.05) is 13.2 Å². The molecule has 0 atom stereocenters. The maximum atomic E-state index is 11.7. The highest BCUT2D eigenvalue weighted by atomic mass is 35.5. The average molecular weight is 324 g/mol. The van der Waals surface area contributed by atoms with Crippen molar-refractivity contribution in [1.82, 2.24) is 5.32 Å². The molecule has 1 N–H and O–H groups in total. The molecule has 0 aliphatic heterocycles. The maximum absolute atomic E-state index is 11.7. The normalized spacial score (nSPS) is 10.2. The highest BCUT2D eigenvalue weighted by molar-refractivity contribution is 6.30. The van der Waals surface area contributed by atoms with Gasteiger partial charge in [-0.05, 0) is 35.9 Å². The van der Waals surface area contributed by atoms with Crippen molar-refractivity contribution in [3.8, 4) is 5.75 Å². The van der Waals surface area contributed by atoms with Crippen LogP contribution in [0.1, 0.15) is 5.56 Å². The molecular formula is C16H15Cl2NO2. The quantitative estimate of drug-likeness (QED) is 0.822. The van der Waals surface area contributed by atoms with E-state index in [9.17, 15) is 4.79 Å². The average Bonchev–Trinajstić information content (AvgIpc) is 2.46. The summed E-state index contributed by atoms with van der Waals surface area (Å²) in [5.74, 6) is 0.640. The van der Waals surface area contributed by atoms with Gasteiger partial charge in [0.05, 0.1) is 13.0 Å². The van der Waals surface area contributed by atoms with Crippen LogP contribution in [0.15, 0.2) is 48.5 Å². The van der Waals surface area contributed by atoms with Gasteiger partial charge < -0.3 is 10.1 Å². The van der Waals surface area contributed by atoms with Crippen molar-refractivity contribution in [2.45, 2.75) is 6.42 Å². The van der Waals surface area contributed by atoms with E-state index in [4.69, 9.17) is 27.9 Å². The zero-order chi connectivity index (χ0) is 15.1. The van der Waals surface area contributed by atoms with E-state index in [-0.39, 0.29) is 5.91 Å². The van der Waals surface area contributed by atoms with Crippen molar-refractivity contribution >= 4 is 29.1 Å². The van der Waals surface area contributed by atoms with Crippen molar-refractivity contribution in [1.29, 1.82) is 0 Å². The van der Waals surface area contributed by atoms with E-state index in [1.165, 1.54) is 0 Å². The first-order valence-corrected chi connectivity index (χ1v) is 7.28. The van der Waals surface area contributed by atoms with Gasteiger partial charge in [-0.1, -0.05) is 41.4 Å². The van der Waals surface area contributed by atoms with Crippen molar-refractivity contribution in [2.24, 2.45) is 0 Å². The Balaban J connectivity index is 1.68. The first-order chi connectivity index (χ1) is 10.1. The summed E-state index contributed by atoms with van der Waals surface area (Å²) in [6.45, 7) is 0.839. The molecule has 21 heavy (non-hydrogen) atoms. The van der Waals surface area contributed by atoms with Gasteiger partial charge in [-0.3, -0.25) is 4.79 Å². The first-order valence-electron chi connectivity index (χ1n) is 6.53. The van der Waals surface area contributed by atoms with E-state index in [1.807, 2.05) is 24.3 Å². The summed E-state index contributed by atoms with van der Waals surface area (Å²) in [7, 11) is 0. The summed E-state index contributed by atoms with van der Waals surface area (Å²) in [5.41, 5.74) is 0.924. The molecule has 0 aliphatic rings. The van der Waals surface area contributed by atoms with Crippen LogP contribution in [0.5, 0.6) is 5.75 Å². The molecule has 0 fully saturated rings. The predicted molar refractivity (Wildman–Crippen MR) is 85.1 cm³/mol. The van der Waals surface area contributed by atoms with Crippen LogP contribution >= 0.6 is 23.2 Å². The molecule has 2 rings (SSSR count). The number of amides is 1. The molecule has 110 valence electrons. The van der Waals surface area contributed by atoms with Crippen molar-refractivity contribution in [3.63, 3.8) is 0 Å². The number of carbonyl (C=O) groups excluding carboxylic acids is 1. The Labute approximate surface area is 133 Å². The Morgan fingerprint density at radius 1 is 1.05 bits per heavy atom. The lowest BCUT2D eigenvalue weighted by atomic mass is 10.1. The summed E-state index contributed by atoms with van der Waals surface area (Å²) in [6.07, 6.45) is 0.328. The van der Waals surface area contributed by atoms with Crippen molar-refractivity contribution in [3.05, 3.63) is 64.1 Å². The second-order valence-corrected chi connectivity index (χ2v) is 5.33. The summed E-state index contributed by atoms with van der Waals surface area (Å²) >= 11 is 11.6. The fourth-order valence-electron chi connectivity index (χ4n) is 1.77. The Kier molecular flexibility index (Phi) is 5.90. The SMILES string of the molecule is O=C(Cc1ccc(Cl)cc1)NCCOc1cccc(Cl)c1. The van der Waals surface area contributed by atoms with Gasteiger partial charge in [-0.2, -0.15) is 0 Å². The highest BCUT2D eigenvalue weighted by Gasteiger charge is 2.03. The lowest BCUT2D eigenvalue weighted by molar-refractivity contribution is -0.120. The lowest BCUT2D eigenvalue weighted by Gasteiger charge is -2.08. The van der Waals surface area contributed by atoms with E-state index >= 15 is 0 Å². The molecule has 0 saturated heterocycles. The van der Waals surface area contributed by atoms with E-state index in [0.717, 1.165) is 5.56 Å². The van der Waals surface area contributed by atoms with Crippen molar-refractivity contribution < 1.29 is 9.53 Å². The molecule has 0 bridgehead atoms. The molecule has 0 unspecified atom stereocenters. The number of rotatable bonds is 6. The van der Waals surface area contributed by atoms with Crippen LogP contribution < -0.4 is 10.1 Å². The number of benzene rings is 2. The minimum Gasteiger partial charge on any atom is -0.492 e. The molecule has 0 aromatic heterocycles. The summed E-state index contributed by atoms with van der Waals surface area (Å²) in [4.78, 5) is 11.7. The molecule has 2 aromatic rings. The van der Waals surface area contributed by atoms with E-state index < -0.39 is 0 Å². The van der Waals surface area contributed by atoms with Gasteiger partial charge >= 0.3 is 0 Å². The maximum Gasteiger partial charge on any atom is 0.224 e. The lowest BCUT2D eigenvalue weighted by Crippen LogP contribution is -2.29. The van der Waals surface area contributed by atoms with Gasteiger partial charge in [-0.15, -0.1) is 0 Å². The molecule has 0 spiro atoms. The third-order valence-electron chi connectivity index (χ3n) is 2.77. The second kappa shape index (κ2) is 7.91. The van der Waals surface area contributed by atoms with Gasteiger partial charge in [0.25, 0.3) is 0 Å². The minimum absolute atomic E-state index is 0.0491. The van der Waals surface area contributed by atoms with Crippen LogP contribution in [0.3, 0.4) is 0 Å². The van der Waals surface area contributed by atoms with Crippen LogP contribution in [0, 0.1) is 0 Å². The second-order valence-electron chi connectivity index (χ2n) is 4.46. The molecule has 1 amide bonds. The summed E-state index contributed by atoms with van der Waals surface area (Å²) in [6, 6.07) is 14.4. The molecule has 0 radical (unpaired) electrons. The Morgan fingerprint density at radius 2 is 1.81 bits per heavy atom. The third-order valence-corrected chi connectivity index (χ3v) is 3.25. The highest BCUT2D eigenvalue weighted by Crippen LogP contribution is 2.16. The fraction of sp³-hybridized carbons (Fsp3) is 0.188. The van der Waals surface area contributed by atoms with Gasteiger partial charge in [0.15, 0.2) is 0 Å². The molecule has 0 aliphatic carbocycles. The van der Waals surface area contributed by atoms with E-state index in [0.29, 0.717) is 35.4 Å². The molecule has 0 heterocycles. The standard InChI is InChI=1S/C16H15Cl2NO2/c17-13-6-4-12(5-7-13)10-16(20)19-8-9-21-15-3-1-2-14(18)11-15/h1-7,11H,8-10H2,(H,19,20).